The number of carbonyl (C=O) groups is 1. The van der Waals surface area contributed by atoms with Gasteiger partial charge in [-0.2, -0.15) is 5.26 Å². The predicted molar refractivity (Wildman–Crippen MR) is 94.2 cm³/mol. The highest BCUT2D eigenvalue weighted by molar-refractivity contribution is 6.02. The van der Waals surface area contributed by atoms with Gasteiger partial charge in [-0.05, 0) is 67.5 Å². The number of aromatic nitrogens is 1. The third-order valence-electron chi connectivity index (χ3n) is 5.52. The summed E-state index contributed by atoms with van der Waals surface area (Å²) in [5.41, 5.74) is 2.31. The van der Waals surface area contributed by atoms with E-state index >= 15 is 0 Å². The molecule has 1 unspecified atom stereocenters. The third-order valence-corrected chi connectivity index (χ3v) is 5.52. The van der Waals surface area contributed by atoms with Crippen LogP contribution in [0.1, 0.15) is 48.9 Å². The van der Waals surface area contributed by atoms with E-state index in [1.54, 1.807) is 12.4 Å². The summed E-state index contributed by atoms with van der Waals surface area (Å²) >= 11 is 0. The molecule has 1 saturated carbocycles. The number of ether oxygens (including phenoxy) is 1. The number of hydrogen-bond acceptors (Lipinski definition) is 4. The molecule has 0 N–H and O–H groups in total. The van der Waals surface area contributed by atoms with Gasteiger partial charge in [0.1, 0.15) is 11.4 Å². The van der Waals surface area contributed by atoms with Crippen molar-refractivity contribution in [2.24, 2.45) is 5.92 Å². The molecule has 1 atom stereocenters. The van der Waals surface area contributed by atoms with Crippen molar-refractivity contribution in [1.29, 1.82) is 5.26 Å². The number of Topliss-reactive ketones (excluding diaryl/α,β-unsaturated/α-hetero) is 1. The first kappa shape index (κ1) is 15.8. The first-order chi connectivity index (χ1) is 12.2. The molecule has 0 amide bonds. The van der Waals surface area contributed by atoms with Crippen LogP contribution in [0.25, 0.3) is 11.1 Å². The molecule has 4 heteroatoms. The number of carbonyl (C=O) groups excluding carboxylic acids is 1. The van der Waals surface area contributed by atoms with Crippen LogP contribution >= 0.6 is 0 Å². The van der Waals surface area contributed by atoms with E-state index in [2.05, 4.69) is 11.1 Å². The molecular formula is C21H20N2O2. The summed E-state index contributed by atoms with van der Waals surface area (Å²) in [4.78, 5) is 17.2. The Labute approximate surface area is 147 Å². The van der Waals surface area contributed by atoms with Crippen molar-refractivity contribution in [2.45, 2.75) is 44.1 Å². The molecule has 1 aliphatic heterocycles. The Hall–Kier alpha value is -2.67. The molecule has 2 heterocycles. The maximum atomic E-state index is 13.1. The van der Waals surface area contributed by atoms with E-state index in [1.165, 1.54) is 0 Å². The average Bonchev–Trinajstić information content (AvgIpc) is 3.10. The van der Waals surface area contributed by atoms with Gasteiger partial charge in [0.2, 0.25) is 0 Å². The van der Waals surface area contributed by atoms with E-state index in [9.17, 15) is 4.79 Å². The van der Waals surface area contributed by atoms with Gasteiger partial charge < -0.3 is 4.74 Å². The van der Waals surface area contributed by atoms with E-state index in [-0.39, 0.29) is 11.7 Å². The maximum absolute atomic E-state index is 13.1. The Morgan fingerprint density at radius 3 is 2.64 bits per heavy atom. The SMILES string of the molecule is N#CCCC1C(=O)c2ccc(-c3ccncc3)cc2OC12CCCC2. The van der Waals surface area contributed by atoms with Gasteiger partial charge in [0.25, 0.3) is 0 Å². The molecule has 0 bridgehead atoms. The lowest BCUT2D eigenvalue weighted by Gasteiger charge is -2.41. The fourth-order valence-electron chi connectivity index (χ4n) is 4.28. The van der Waals surface area contributed by atoms with Crippen molar-refractivity contribution in [3.8, 4) is 22.9 Å². The fourth-order valence-corrected chi connectivity index (χ4v) is 4.28. The van der Waals surface area contributed by atoms with Gasteiger partial charge in [-0.25, -0.2) is 0 Å². The van der Waals surface area contributed by atoms with Crippen LogP contribution in [0.2, 0.25) is 0 Å². The van der Waals surface area contributed by atoms with Gasteiger partial charge in [0.05, 0.1) is 17.6 Å². The molecule has 4 rings (SSSR count). The Bertz CT molecular complexity index is 833. The summed E-state index contributed by atoms with van der Waals surface area (Å²) in [6.45, 7) is 0. The molecule has 25 heavy (non-hydrogen) atoms. The van der Waals surface area contributed by atoms with E-state index in [1.807, 2.05) is 30.3 Å². The minimum atomic E-state index is -0.419. The maximum Gasteiger partial charge on any atom is 0.173 e. The number of ketones is 1. The number of nitrogens with zero attached hydrogens (tertiary/aromatic N) is 2. The van der Waals surface area contributed by atoms with E-state index < -0.39 is 5.60 Å². The van der Waals surface area contributed by atoms with Crippen LogP contribution in [-0.2, 0) is 0 Å². The van der Waals surface area contributed by atoms with Crippen LogP contribution < -0.4 is 4.74 Å². The number of nitriles is 1. The summed E-state index contributed by atoms with van der Waals surface area (Å²) in [6, 6.07) is 11.9. The lowest BCUT2D eigenvalue weighted by atomic mass is 9.75. The van der Waals surface area contributed by atoms with Gasteiger partial charge in [-0.15, -0.1) is 0 Å². The second-order valence-corrected chi connectivity index (χ2v) is 6.93. The van der Waals surface area contributed by atoms with Crippen molar-refractivity contribution in [3.63, 3.8) is 0 Å². The highest BCUT2D eigenvalue weighted by Crippen LogP contribution is 2.48. The predicted octanol–water partition coefficient (Wildman–Crippen LogP) is 4.56. The first-order valence-corrected chi connectivity index (χ1v) is 8.88. The molecule has 0 radical (unpaired) electrons. The summed E-state index contributed by atoms with van der Waals surface area (Å²) in [7, 11) is 0. The van der Waals surface area contributed by atoms with Gasteiger partial charge in [-0.3, -0.25) is 9.78 Å². The Morgan fingerprint density at radius 1 is 1.16 bits per heavy atom. The number of hydrogen-bond donors (Lipinski definition) is 0. The molecule has 4 nitrogen and oxygen atoms in total. The molecule has 2 aromatic rings. The zero-order valence-electron chi connectivity index (χ0n) is 14.1. The fraction of sp³-hybridized carbons (Fsp3) is 0.381. The lowest BCUT2D eigenvalue weighted by molar-refractivity contribution is 0.00319. The Kier molecular flexibility index (Phi) is 4.01. The zero-order chi connectivity index (χ0) is 17.3. The van der Waals surface area contributed by atoms with Crippen molar-refractivity contribution in [1.82, 2.24) is 4.98 Å². The van der Waals surface area contributed by atoms with E-state index in [0.29, 0.717) is 24.2 Å². The lowest BCUT2D eigenvalue weighted by Crippen LogP contribution is -2.48. The molecule has 126 valence electrons. The highest BCUT2D eigenvalue weighted by Gasteiger charge is 2.50. The summed E-state index contributed by atoms with van der Waals surface area (Å²) < 4.78 is 6.48. The van der Waals surface area contributed by atoms with Crippen LogP contribution in [0.5, 0.6) is 5.75 Å². The quantitative estimate of drug-likeness (QED) is 0.827. The summed E-state index contributed by atoms with van der Waals surface area (Å²) in [5, 5.41) is 8.96. The summed E-state index contributed by atoms with van der Waals surface area (Å²) in [5.74, 6) is 0.628. The molecule has 1 fully saturated rings. The number of rotatable bonds is 3. The number of fused-ring (bicyclic) bond motifs is 1. The summed E-state index contributed by atoms with van der Waals surface area (Å²) in [6.07, 6.45) is 8.45. The second kappa shape index (κ2) is 6.33. The average molecular weight is 332 g/mol. The van der Waals surface area contributed by atoms with Gasteiger partial charge in [0.15, 0.2) is 5.78 Å². The van der Waals surface area contributed by atoms with E-state index in [0.717, 1.165) is 36.8 Å². The zero-order valence-corrected chi connectivity index (χ0v) is 14.1. The van der Waals surface area contributed by atoms with Crippen LogP contribution in [0.15, 0.2) is 42.7 Å². The third kappa shape index (κ3) is 2.70. The molecule has 1 aromatic carbocycles. The van der Waals surface area contributed by atoms with Gasteiger partial charge in [0, 0.05) is 18.8 Å². The Balaban J connectivity index is 1.75. The van der Waals surface area contributed by atoms with Gasteiger partial charge in [-0.1, -0.05) is 6.07 Å². The van der Waals surface area contributed by atoms with Crippen LogP contribution in [-0.4, -0.2) is 16.4 Å². The molecule has 2 aliphatic rings. The topological polar surface area (TPSA) is 63.0 Å². The van der Waals surface area contributed by atoms with Crippen molar-refractivity contribution < 1.29 is 9.53 Å². The van der Waals surface area contributed by atoms with Crippen LogP contribution in [0, 0.1) is 17.2 Å². The monoisotopic (exact) mass is 332 g/mol. The van der Waals surface area contributed by atoms with Crippen LogP contribution in [0.4, 0.5) is 0 Å². The largest absolute Gasteiger partial charge is 0.486 e. The van der Waals surface area contributed by atoms with E-state index in [4.69, 9.17) is 10.00 Å². The highest BCUT2D eigenvalue weighted by atomic mass is 16.5. The number of pyridine rings is 1. The Morgan fingerprint density at radius 2 is 1.92 bits per heavy atom. The molecule has 1 spiro atoms. The van der Waals surface area contributed by atoms with Crippen molar-refractivity contribution in [3.05, 3.63) is 48.3 Å². The second-order valence-electron chi connectivity index (χ2n) is 6.93. The van der Waals surface area contributed by atoms with Crippen molar-refractivity contribution in [2.75, 3.05) is 0 Å². The van der Waals surface area contributed by atoms with Gasteiger partial charge >= 0.3 is 0 Å². The first-order valence-electron chi connectivity index (χ1n) is 8.88. The molecule has 1 aliphatic carbocycles. The van der Waals surface area contributed by atoms with Crippen LogP contribution in [0.3, 0.4) is 0 Å². The minimum Gasteiger partial charge on any atom is -0.486 e. The molecular weight excluding hydrogens is 312 g/mol. The molecule has 1 aromatic heterocycles. The number of benzene rings is 1. The normalized spacial score (nSPS) is 20.8. The minimum absolute atomic E-state index is 0.139. The smallest absolute Gasteiger partial charge is 0.173 e. The standard InChI is InChI=1S/C21H20N2O2/c22-11-3-4-18-20(24)17-6-5-16(15-7-12-23-13-8-15)14-19(17)25-21(18)9-1-2-10-21/h5-8,12-14,18H,1-4,9-10H2. The molecule has 0 saturated heterocycles. The van der Waals surface area contributed by atoms with Crippen molar-refractivity contribution >= 4 is 5.78 Å².